The molecule has 0 atom stereocenters. The van der Waals surface area contributed by atoms with Crippen LogP contribution in [0.1, 0.15) is 17.1 Å². The lowest BCUT2D eigenvalue weighted by molar-refractivity contribution is 0.299. The van der Waals surface area contributed by atoms with Crippen LogP contribution in [-0.2, 0) is 20.1 Å². The van der Waals surface area contributed by atoms with Crippen LogP contribution >= 0.6 is 0 Å². The summed E-state index contributed by atoms with van der Waals surface area (Å²) >= 11 is 0. The number of aromatic nitrogens is 2. The Kier molecular flexibility index (Phi) is 4.85. The molecular weight excluding hydrogens is 266 g/mol. The zero-order chi connectivity index (χ0) is 15.4. The van der Waals surface area contributed by atoms with E-state index in [1.165, 1.54) is 0 Å². The summed E-state index contributed by atoms with van der Waals surface area (Å²) in [7, 11) is 7.44. The first-order chi connectivity index (χ1) is 10.0. The molecule has 2 aromatic rings. The first-order valence-electron chi connectivity index (χ1n) is 6.91. The lowest BCUT2D eigenvalue weighted by Gasteiger charge is -2.18. The van der Waals surface area contributed by atoms with E-state index in [4.69, 9.17) is 9.47 Å². The Balaban J connectivity index is 2.08. The van der Waals surface area contributed by atoms with Crippen molar-refractivity contribution in [2.45, 2.75) is 20.0 Å². The molecule has 0 spiro atoms. The zero-order valence-electron chi connectivity index (χ0n) is 13.4. The van der Waals surface area contributed by atoms with Crippen molar-refractivity contribution < 1.29 is 9.47 Å². The Labute approximate surface area is 126 Å². The Bertz CT molecular complexity index is 608. The van der Waals surface area contributed by atoms with Gasteiger partial charge in [0.15, 0.2) is 0 Å². The van der Waals surface area contributed by atoms with Crippen molar-refractivity contribution in [3.8, 4) is 11.5 Å². The zero-order valence-corrected chi connectivity index (χ0v) is 13.4. The minimum absolute atomic E-state index is 0.791. The van der Waals surface area contributed by atoms with Crippen LogP contribution in [0.25, 0.3) is 0 Å². The van der Waals surface area contributed by atoms with Crippen molar-refractivity contribution in [2.75, 3.05) is 21.3 Å². The van der Waals surface area contributed by atoms with Crippen LogP contribution in [-0.4, -0.2) is 35.7 Å². The maximum atomic E-state index is 5.44. The lowest BCUT2D eigenvalue weighted by atomic mass is 10.2. The third-order valence-corrected chi connectivity index (χ3v) is 3.44. The molecule has 114 valence electrons. The molecule has 0 radical (unpaired) electrons. The number of benzene rings is 1. The summed E-state index contributed by atoms with van der Waals surface area (Å²) in [5.41, 5.74) is 2.18. The summed E-state index contributed by atoms with van der Waals surface area (Å²) in [5, 5.41) is 0. The molecule has 5 nitrogen and oxygen atoms in total. The van der Waals surface area contributed by atoms with Gasteiger partial charge in [0.25, 0.3) is 0 Å². The molecule has 21 heavy (non-hydrogen) atoms. The number of imidazole rings is 1. The third kappa shape index (κ3) is 3.76. The minimum Gasteiger partial charge on any atom is -0.497 e. The summed E-state index contributed by atoms with van der Waals surface area (Å²) < 4.78 is 12.7. The van der Waals surface area contributed by atoms with Gasteiger partial charge in [0.05, 0.1) is 26.5 Å². The minimum atomic E-state index is 0.791. The van der Waals surface area contributed by atoms with E-state index in [0.29, 0.717) is 0 Å². The molecule has 5 heteroatoms. The van der Waals surface area contributed by atoms with Crippen molar-refractivity contribution in [1.82, 2.24) is 14.5 Å². The van der Waals surface area contributed by atoms with Crippen molar-refractivity contribution >= 4 is 0 Å². The summed E-state index contributed by atoms with van der Waals surface area (Å²) in [6.45, 7) is 3.59. The number of ether oxygens (including phenoxy) is 2. The highest BCUT2D eigenvalue weighted by Gasteiger charge is 2.10. The van der Waals surface area contributed by atoms with Gasteiger partial charge in [-0.3, -0.25) is 4.90 Å². The molecule has 0 bridgehead atoms. The second-order valence-corrected chi connectivity index (χ2v) is 5.26. The van der Waals surface area contributed by atoms with Crippen LogP contribution in [0.3, 0.4) is 0 Å². The predicted molar refractivity (Wildman–Crippen MR) is 82.7 cm³/mol. The number of methoxy groups -OCH3 is 2. The summed E-state index contributed by atoms with van der Waals surface area (Å²) in [6, 6.07) is 5.91. The SMILES string of the molecule is COc1ccc(CN(C)Cc2nc(C)cn2C)c(OC)c1. The van der Waals surface area contributed by atoms with Gasteiger partial charge >= 0.3 is 0 Å². The molecule has 0 saturated heterocycles. The highest BCUT2D eigenvalue weighted by Crippen LogP contribution is 2.25. The average molecular weight is 289 g/mol. The Morgan fingerprint density at radius 3 is 2.52 bits per heavy atom. The quantitative estimate of drug-likeness (QED) is 0.818. The number of rotatable bonds is 6. The fourth-order valence-corrected chi connectivity index (χ4v) is 2.38. The second-order valence-electron chi connectivity index (χ2n) is 5.26. The van der Waals surface area contributed by atoms with Crippen molar-refractivity contribution in [2.24, 2.45) is 7.05 Å². The Morgan fingerprint density at radius 1 is 1.19 bits per heavy atom. The van der Waals surface area contributed by atoms with Crippen LogP contribution < -0.4 is 9.47 Å². The van der Waals surface area contributed by atoms with Gasteiger partial charge in [0.1, 0.15) is 17.3 Å². The van der Waals surface area contributed by atoms with Gasteiger partial charge in [-0.2, -0.15) is 0 Å². The van der Waals surface area contributed by atoms with Crippen LogP contribution in [0.2, 0.25) is 0 Å². The third-order valence-electron chi connectivity index (χ3n) is 3.44. The summed E-state index contributed by atoms with van der Waals surface area (Å²) in [5.74, 6) is 2.71. The standard InChI is InChI=1S/C16H23N3O2/c1-12-9-19(3)16(17-12)11-18(2)10-13-6-7-14(20-4)8-15(13)21-5/h6-9H,10-11H2,1-5H3. The van der Waals surface area contributed by atoms with Crippen molar-refractivity contribution in [3.05, 3.63) is 41.5 Å². The number of aryl methyl sites for hydroxylation is 2. The largest absolute Gasteiger partial charge is 0.497 e. The molecular formula is C16H23N3O2. The highest BCUT2D eigenvalue weighted by molar-refractivity contribution is 5.40. The Hall–Kier alpha value is -2.01. The molecule has 0 aliphatic heterocycles. The summed E-state index contributed by atoms with van der Waals surface area (Å²) in [6.07, 6.45) is 2.04. The van der Waals surface area contributed by atoms with E-state index in [2.05, 4.69) is 21.5 Å². The van der Waals surface area contributed by atoms with Crippen LogP contribution in [0.5, 0.6) is 11.5 Å². The van der Waals surface area contributed by atoms with E-state index in [1.54, 1.807) is 14.2 Å². The fourth-order valence-electron chi connectivity index (χ4n) is 2.38. The topological polar surface area (TPSA) is 39.5 Å². The molecule has 0 aliphatic carbocycles. The second kappa shape index (κ2) is 6.63. The predicted octanol–water partition coefficient (Wildman–Crippen LogP) is 2.38. The van der Waals surface area contributed by atoms with Crippen molar-refractivity contribution in [3.63, 3.8) is 0 Å². The van der Waals surface area contributed by atoms with Crippen molar-refractivity contribution in [1.29, 1.82) is 0 Å². The Morgan fingerprint density at radius 2 is 1.95 bits per heavy atom. The maximum absolute atomic E-state index is 5.44. The van der Waals surface area contributed by atoms with Gasteiger partial charge in [0.2, 0.25) is 0 Å². The van der Waals surface area contributed by atoms with Crippen LogP contribution in [0, 0.1) is 6.92 Å². The first-order valence-corrected chi connectivity index (χ1v) is 6.91. The summed E-state index contributed by atoms with van der Waals surface area (Å²) in [4.78, 5) is 6.75. The van der Waals surface area contributed by atoms with Gasteiger partial charge in [-0.25, -0.2) is 4.98 Å². The maximum Gasteiger partial charge on any atom is 0.127 e. The molecule has 2 rings (SSSR count). The molecule has 0 unspecified atom stereocenters. The molecule has 0 fully saturated rings. The molecule has 0 N–H and O–H groups in total. The van der Waals surface area contributed by atoms with Gasteiger partial charge < -0.3 is 14.0 Å². The molecule has 1 heterocycles. The van der Waals surface area contributed by atoms with E-state index < -0.39 is 0 Å². The molecule has 0 aliphatic rings. The van der Waals surface area contributed by atoms with E-state index in [0.717, 1.165) is 41.7 Å². The molecule has 0 amide bonds. The first kappa shape index (κ1) is 15.4. The number of hydrogen-bond acceptors (Lipinski definition) is 4. The normalized spacial score (nSPS) is 11.0. The van der Waals surface area contributed by atoms with Crippen LogP contribution in [0.4, 0.5) is 0 Å². The highest BCUT2D eigenvalue weighted by atomic mass is 16.5. The average Bonchev–Trinajstić information content (AvgIpc) is 2.77. The smallest absolute Gasteiger partial charge is 0.127 e. The molecule has 0 saturated carbocycles. The van der Waals surface area contributed by atoms with Crippen LogP contribution in [0.15, 0.2) is 24.4 Å². The van der Waals surface area contributed by atoms with Gasteiger partial charge in [0, 0.05) is 31.4 Å². The van der Waals surface area contributed by atoms with E-state index in [1.807, 2.05) is 38.4 Å². The van der Waals surface area contributed by atoms with Gasteiger partial charge in [-0.15, -0.1) is 0 Å². The lowest BCUT2D eigenvalue weighted by Crippen LogP contribution is -2.20. The molecule has 1 aromatic heterocycles. The van der Waals surface area contributed by atoms with Gasteiger partial charge in [-0.1, -0.05) is 6.07 Å². The van der Waals surface area contributed by atoms with E-state index >= 15 is 0 Å². The van der Waals surface area contributed by atoms with E-state index in [-0.39, 0.29) is 0 Å². The van der Waals surface area contributed by atoms with E-state index in [9.17, 15) is 0 Å². The number of hydrogen-bond donors (Lipinski definition) is 0. The van der Waals surface area contributed by atoms with Gasteiger partial charge in [-0.05, 0) is 20.0 Å². The fraction of sp³-hybridized carbons (Fsp3) is 0.438. The number of nitrogens with zero attached hydrogens (tertiary/aromatic N) is 3. The monoisotopic (exact) mass is 289 g/mol. The molecule has 1 aromatic carbocycles.